The third-order valence-corrected chi connectivity index (χ3v) is 0.942. The van der Waals surface area contributed by atoms with Gasteiger partial charge in [0, 0.05) is 12.7 Å². The molecule has 0 bridgehead atoms. The summed E-state index contributed by atoms with van der Waals surface area (Å²) in [4.78, 5) is 9.60. The van der Waals surface area contributed by atoms with Crippen LogP contribution in [-0.2, 0) is 9.53 Å². The van der Waals surface area contributed by atoms with Gasteiger partial charge in [0.1, 0.15) is 0 Å². The van der Waals surface area contributed by atoms with Crippen molar-refractivity contribution in [2.75, 3.05) is 13.7 Å². The Morgan fingerprint density at radius 3 is 1.77 bits per heavy atom. The molecular weight excluding hydrogens is 168 g/mol. The summed E-state index contributed by atoms with van der Waals surface area (Å²) in [5.41, 5.74) is 0.504. The molecule has 0 aromatic heterocycles. The van der Waals surface area contributed by atoms with Crippen molar-refractivity contribution in [1.29, 1.82) is 0 Å². The molecule has 13 heavy (non-hydrogen) atoms. The predicted molar refractivity (Wildman–Crippen MR) is 53.8 cm³/mol. The fourth-order valence-electron chi connectivity index (χ4n) is 0.433. The molecule has 0 rings (SSSR count). The zero-order valence-electron chi connectivity index (χ0n) is 9.18. The third-order valence-electron chi connectivity index (χ3n) is 0.942. The highest BCUT2D eigenvalue weighted by molar-refractivity contribution is 5.84. The van der Waals surface area contributed by atoms with E-state index < -0.39 is 5.97 Å². The fraction of sp³-hybridized carbons (Fsp3) is 0.700. The zero-order chi connectivity index (χ0) is 11.1. The Bertz CT molecular complexity index is 153. The number of carboxylic acid groups (broad SMARTS) is 1. The molecule has 0 heterocycles. The Morgan fingerprint density at radius 2 is 1.77 bits per heavy atom. The van der Waals surface area contributed by atoms with Crippen LogP contribution >= 0.6 is 0 Å². The molecule has 0 aromatic carbocycles. The maximum Gasteiger partial charge on any atom is 0.330 e. The number of hydrogen-bond donors (Lipinski definition) is 1. The summed E-state index contributed by atoms with van der Waals surface area (Å²) in [6.07, 6.45) is 0. The lowest BCUT2D eigenvalue weighted by molar-refractivity contribution is -0.132. The third kappa shape index (κ3) is 18.3. The normalized spacial score (nSPS) is 9.92. The first kappa shape index (κ1) is 14.7. The van der Waals surface area contributed by atoms with E-state index in [1.807, 2.05) is 0 Å². The van der Waals surface area contributed by atoms with Gasteiger partial charge >= 0.3 is 5.97 Å². The van der Waals surface area contributed by atoms with Gasteiger partial charge in [0.25, 0.3) is 0 Å². The monoisotopic (exact) mass is 188 g/mol. The predicted octanol–water partition coefficient (Wildman–Crippen LogP) is 2.33. The Labute approximate surface area is 80.4 Å². The molecule has 0 aliphatic carbocycles. The minimum Gasteiger partial charge on any atom is -0.478 e. The molecule has 0 saturated heterocycles. The van der Waals surface area contributed by atoms with Crippen molar-refractivity contribution in [2.45, 2.75) is 27.7 Å². The van der Waals surface area contributed by atoms with Crippen LogP contribution in [0.2, 0.25) is 0 Å². The van der Waals surface area contributed by atoms with Crippen LogP contribution < -0.4 is 0 Å². The van der Waals surface area contributed by atoms with Crippen molar-refractivity contribution in [3.8, 4) is 0 Å². The Kier molecular flexibility index (Phi) is 7.52. The highest BCUT2D eigenvalue weighted by Crippen LogP contribution is 2.11. The molecule has 0 aliphatic heterocycles. The molecule has 78 valence electrons. The number of methoxy groups -OCH3 is 1. The van der Waals surface area contributed by atoms with Crippen LogP contribution in [0.3, 0.4) is 0 Å². The first-order chi connectivity index (χ1) is 5.70. The van der Waals surface area contributed by atoms with Gasteiger partial charge in [0.15, 0.2) is 0 Å². The maximum absolute atomic E-state index is 9.60. The summed E-state index contributed by atoms with van der Waals surface area (Å²) in [5, 5.41) is 7.89. The molecular formula is C10H20O3. The average Bonchev–Trinajstić information content (AvgIpc) is 1.85. The van der Waals surface area contributed by atoms with Gasteiger partial charge < -0.3 is 9.84 Å². The van der Waals surface area contributed by atoms with Gasteiger partial charge in [-0.05, 0) is 12.3 Å². The van der Waals surface area contributed by atoms with Gasteiger partial charge in [-0.1, -0.05) is 27.4 Å². The standard InChI is InChI=1S/C6H14O.C4H6O2/c1-6(2,3)5-7-4;1-3(2)4(5)6/h5H2,1-4H3;1H2,2H3,(H,5,6). The first-order valence-corrected chi connectivity index (χ1v) is 4.08. The second-order valence-electron chi connectivity index (χ2n) is 4.08. The summed E-state index contributed by atoms with van der Waals surface area (Å²) in [5.74, 6) is -0.935. The van der Waals surface area contributed by atoms with Crippen LogP contribution in [0.4, 0.5) is 0 Å². The number of rotatable bonds is 2. The average molecular weight is 188 g/mol. The van der Waals surface area contributed by atoms with Crippen LogP contribution in [0.5, 0.6) is 0 Å². The summed E-state index contributed by atoms with van der Waals surface area (Å²) < 4.78 is 4.91. The molecule has 0 spiro atoms. The summed E-state index contributed by atoms with van der Waals surface area (Å²) >= 11 is 0. The van der Waals surface area contributed by atoms with E-state index in [9.17, 15) is 4.79 Å². The topological polar surface area (TPSA) is 46.5 Å². The van der Waals surface area contributed by atoms with E-state index in [1.165, 1.54) is 6.92 Å². The van der Waals surface area contributed by atoms with Gasteiger partial charge in [-0.2, -0.15) is 0 Å². The molecule has 0 aromatic rings. The van der Waals surface area contributed by atoms with Crippen LogP contribution in [0.1, 0.15) is 27.7 Å². The van der Waals surface area contributed by atoms with Crippen LogP contribution in [0, 0.1) is 5.41 Å². The van der Waals surface area contributed by atoms with Gasteiger partial charge in [-0.3, -0.25) is 0 Å². The van der Waals surface area contributed by atoms with Gasteiger partial charge in [0.05, 0.1) is 6.61 Å². The van der Waals surface area contributed by atoms with Gasteiger partial charge in [0.2, 0.25) is 0 Å². The maximum atomic E-state index is 9.60. The SMILES string of the molecule is C=C(C)C(=O)O.COCC(C)(C)C. The summed E-state index contributed by atoms with van der Waals surface area (Å²) in [7, 11) is 1.73. The number of aliphatic carboxylic acids is 1. The lowest BCUT2D eigenvalue weighted by atomic mass is 9.99. The number of carboxylic acids is 1. The number of hydrogen-bond acceptors (Lipinski definition) is 2. The van der Waals surface area contributed by atoms with Crippen molar-refractivity contribution in [2.24, 2.45) is 5.41 Å². The Hall–Kier alpha value is -0.830. The molecule has 0 fully saturated rings. The van der Waals surface area contributed by atoms with Gasteiger partial charge in [-0.15, -0.1) is 0 Å². The lowest BCUT2D eigenvalue weighted by Crippen LogP contribution is -2.12. The van der Waals surface area contributed by atoms with Crippen LogP contribution in [0.25, 0.3) is 0 Å². The quantitative estimate of drug-likeness (QED) is 0.676. The highest BCUT2D eigenvalue weighted by atomic mass is 16.5. The number of carbonyl (C=O) groups is 1. The van der Waals surface area contributed by atoms with E-state index in [0.717, 1.165) is 6.61 Å². The Balaban J connectivity index is 0. The first-order valence-electron chi connectivity index (χ1n) is 4.08. The molecule has 0 amide bonds. The molecule has 0 aliphatic rings. The zero-order valence-corrected chi connectivity index (χ0v) is 9.18. The van der Waals surface area contributed by atoms with Crippen molar-refractivity contribution >= 4 is 5.97 Å². The van der Waals surface area contributed by atoms with Crippen molar-refractivity contribution in [3.05, 3.63) is 12.2 Å². The largest absolute Gasteiger partial charge is 0.478 e. The minimum absolute atomic E-state index is 0.176. The second-order valence-corrected chi connectivity index (χ2v) is 4.08. The minimum atomic E-state index is -0.935. The van der Waals surface area contributed by atoms with E-state index in [1.54, 1.807) is 7.11 Å². The van der Waals surface area contributed by atoms with E-state index in [4.69, 9.17) is 9.84 Å². The fourth-order valence-corrected chi connectivity index (χ4v) is 0.433. The summed E-state index contributed by atoms with van der Waals surface area (Å²) in [6.45, 7) is 11.9. The van der Waals surface area contributed by atoms with E-state index in [-0.39, 0.29) is 5.57 Å². The van der Waals surface area contributed by atoms with Gasteiger partial charge in [-0.25, -0.2) is 4.79 Å². The van der Waals surface area contributed by atoms with Crippen molar-refractivity contribution < 1.29 is 14.6 Å². The van der Waals surface area contributed by atoms with E-state index in [2.05, 4.69) is 27.4 Å². The molecule has 3 heteroatoms. The molecule has 0 saturated carbocycles. The molecule has 3 nitrogen and oxygen atoms in total. The summed E-state index contributed by atoms with van der Waals surface area (Å²) in [6, 6.07) is 0. The number of ether oxygens (including phenoxy) is 1. The van der Waals surface area contributed by atoms with E-state index in [0.29, 0.717) is 5.41 Å². The molecule has 0 atom stereocenters. The van der Waals surface area contributed by atoms with E-state index >= 15 is 0 Å². The van der Waals surface area contributed by atoms with Crippen LogP contribution in [-0.4, -0.2) is 24.8 Å². The van der Waals surface area contributed by atoms with Crippen LogP contribution in [0.15, 0.2) is 12.2 Å². The second kappa shape index (κ2) is 6.66. The molecule has 1 N–H and O–H groups in total. The smallest absolute Gasteiger partial charge is 0.330 e. The van der Waals surface area contributed by atoms with Crippen molar-refractivity contribution in [3.63, 3.8) is 0 Å². The highest BCUT2D eigenvalue weighted by Gasteiger charge is 2.07. The molecule has 0 radical (unpaired) electrons. The molecule has 0 unspecified atom stereocenters. The lowest BCUT2D eigenvalue weighted by Gasteiger charge is -2.15. The van der Waals surface area contributed by atoms with Crippen molar-refractivity contribution in [1.82, 2.24) is 0 Å². The Morgan fingerprint density at radius 1 is 1.46 bits per heavy atom.